The lowest BCUT2D eigenvalue weighted by molar-refractivity contribution is -0.0303. The Morgan fingerprint density at radius 3 is 2.25 bits per heavy atom. The standard InChI is InChI=1S/C11H22S/c1-5-10-8(3)9(4)11(10)7(2)6-12/h7-12H,5-6H2,1-4H3. The van der Waals surface area contributed by atoms with Crippen LogP contribution in [0.15, 0.2) is 0 Å². The molecule has 72 valence electrons. The lowest BCUT2D eigenvalue weighted by Gasteiger charge is -2.52. The van der Waals surface area contributed by atoms with Gasteiger partial charge in [-0.2, -0.15) is 12.6 Å². The highest BCUT2D eigenvalue weighted by Gasteiger charge is 2.45. The van der Waals surface area contributed by atoms with Crippen molar-refractivity contribution in [3.63, 3.8) is 0 Å². The summed E-state index contributed by atoms with van der Waals surface area (Å²) in [7, 11) is 0. The molecule has 1 saturated carbocycles. The average Bonchev–Trinajstić information content (AvgIpc) is 2.11. The van der Waals surface area contributed by atoms with Crippen LogP contribution in [0.5, 0.6) is 0 Å². The Labute approximate surface area is 82.5 Å². The maximum atomic E-state index is 4.39. The van der Waals surface area contributed by atoms with Crippen molar-refractivity contribution in [2.75, 3.05) is 5.75 Å². The van der Waals surface area contributed by atoms with Crippen molar-refractivity contribution in [1.82, 2.24) is 0 Å². The topological polar surface area (TPSA) is 0 Å². The van der Waals surface area contributed by atoms with E-state index in [4.69, 9.17) is 0 Å². The summed E-state index contributed by atoms with van der Waals surface area (Å²) in [5.74, 6) is 5.66. The zero-order valence-corrected chi connectivity index (χ0v) is 9.64. The van der Waals surface area contributed by atoms with Crippen LogP contribution in [0.25, 0.3) is 0 Å². The van der Waals surface area contributed by atoms with Crippen LogP contribution >= 0.6 is 12.6 Å². The summed E-state index contributed by atoms with van der Waals surface area (Å²) in [6.07, 6.45) is 1.36. The maximum Gasteiger partial charge on any atom is -0.00693 e. The average molecular weight is 186 g/mol. The van der Waals surface area contributed by atoms with Crippen LogP contribution < -0.4 is 0 Å². The van der Waals surface area contributed by atoms with E-state index in [1.54, 1.807) is 0 Å². The number of hydrogen-bond donors (Lipinski definition) is 1. The van der Waals surface area contributed by atoms with Gasteiger partial charge in [0.15, 0.2) is 0 Å². The molecule has 5 unspecified atom stereocenters. The lowest BCUT2D eigenvalue weighted by atomic mass is 9.54. The van der Waals surface area contributed by atoms with Gasteiger partial charge in [-0.25, -0.2) is 0 Å². The Balaban J connectivity index is 2.53. The van der Waals surface area contributed by atoms with Crippen LogP contribution in [-0.2, 0) is 0 Å². The van der Waals surface area contributed by atoms with Crippen molar-refractivity contribution in [2.24, 2.45) is 29.6 Å². The first-order valence-corrected chi connectivity index (χ1v) is 5.87. The first-order valence-electron chi connectivity index (χ1n) is 5.24. The summed E-state index contributed by atoms with van der Waals surface area (Å²) < 4.78 is 0. The molecule has 1 fully saturated rings. The number of hydrogen-bond acceptors (Lipinski definition) is 1. The van der Waals surface area contributed by atoms with Gasteiger partial charge in [-0.15, -0.1) is 0 Å². The highest BCUT2D eigenvalue weighted by molar-refractivity contribution is 7.80. The molecule has 0 spiro atoms. The molecule has 1 heteroatoms. The SMILES string of the molecule is CCC1C(C)C(C)C1C(C)CS. The monoisotopic (exact) mass is 186 g/mol. The predicted molar refractivity (Wildman–Crippen MR) is 58.6 cm³/mol. The third-order valence-electron chi connectivity index (χ3n) is 4.02. The zero-order chi connectivity index (χ0) is 9.30. The van der Waals surface area contributed by atoms with E-state index in [9.17, 15) is 0 Å². The van der Waals surface area contributed by atoms with Gasteiger partial charge < -0.3 is 0 Å². The molecular formula is C11H22S. The molecule has 0 aromatic carbocycles. The maximum absolute atomic E-state index is 4.39. The van der Waals surface area contributed by atoms with Crippen LogP contribution in [0.4, 0.5) is 0 Å². The number of rotatable bonds is 3. The van der Waals surface area contributed by atoms with E-state index in [0.717, 1.165) is 35.3 Å². The third-order valence-corrected chi connectivity index (χ3v) is 4.60. The molecule has 0 bridgehead atoms. The van der Waals surface area contributed by atoms with Crippen LogP contribution in [0, 0.1) is 29.6 Å². The summed E-state index contributed by atoms with van der Waals surface area (Å²) in [5.41, 5.74) is 0. The van der Waals surface area contributed by atoms with Gasteiger partial charge in [0.05, 0.1) is 0 Å². The predicted octanol–water partition coefficient (Wildman–Crippen LogP) is 3.48. The molecule has 0 radical (unpaired) electrons. The summed E-state index contributed by atoms with van der Waals surface area (Å²) >= 11 is 4.39. The fourth-order valence-electron chi connectivity index (χ4n) is 3.04. The van der Waals surface area contributed by atoms with Crippen molar-refractivity contribution in [1.29, 1.82) is 0 Å². The van der Waals surface area contributed by atoms with Gasteiger partial charge in [-0.3, -0.25) is 0 Å². The molecule has 0 nitrogen and oxygen atoms in total. The summed E-state index contributed by atoms with van der Waals surface area (Å²) in [6, 6.07) is 0. The molecule has 1 aliphatic carbocycles. The quantitative estimate of drug-likeness (QED) is 0.641. The van der Waals surface area contributed by atoms with Gasteiger partial charge in [0.2, 0.25) is 0 Å². The van der Waals surface area contributed by atoms with E-state index < -0.39 is 0 Å². The second-order valence-corrected chi connectivity index (χ2v) is 4.89. The molecule has 1 aliphatic rings. The Hall–Kier alpha value is 0.350. The molecule has 0 aromatic rings. The molecule has 1 rings (SSSR count). The van der Waals surface area contributed by atoms with E-state index >= 15 is 0 Å². The Kier molecular flexibility index (Phi) is 3.51. The van der Waals surface area contributed by atoms with Gasteiger partial charge in [-0.05, 0) is 35.3 Å². The van der Waals surface area contributed by atoms with Gasteiger partial charge >= 0.3 is 0 Å². The van der Waals surface area contributed by atoms with E-state index in [0.29, 0.717) is 0 Å². The van der Waals surface area contributed by atoms with E-state index in [-0.39, 0.29) is 0 Å². The lowest BCUT2D eigenvalue weighted by Crippen LogP contribution is -2.47. The summed E-state index contributed by atoms with van der Waals surface area (Å²) in [5, 5.41) is 0. The normalized spacial score (nSPS) is 43.8. The molecule has 0 saturated heterocycles. The van der Waals surface area contributed by atoms with E-state index in [1.165, 1.54) is 6.42 Å². The van der Waals surface area contributed by atoms with Crippen LogP contribution in [0.2, 0.25) is 0 Å². The minimum absolute atomic E-state index is 0.810. The van der Waals surface area contributed by atoms with E-state index in [1.807, 2.05) is 0 Å². The van der Waals surface area contributed by atoms with Gasteiger partial charge in [0.25, 0.3) is 0 Å². The Morgan fingerprint density at radius 1 is 1.25 bits per heavy atom. The van der Waals surface area contributed by atoms with Gasteiger partial charge in [0.1, 0.15) is 0 Å². The van der Waals surface area contributed by atoms with Crippen molar-refractivity contribution < 1.29 is 0 Å². The van der Waals surface area contributed by atoms with Crippen molar-refractivity contribution >= 4 is 12.6 Å². The molecule has 0 aliphatic heterocycles. The molecule has 0 amide bonds. The Morgan fingerprint density at radius 2 is 1.83 bits per heavy atom. The number of thiol groups is 1. The molecule has 0 aromatic heterocycles. The largest absolute Gasteiger partial charge is 0.179 e. The summed E-state index contributed by atoms with van der Waals surface area (Å²) in [6.45, 7) is 9.48. The van der Waals surface area contributed by atoms with Crippen LogP contribution in [0.3, 0.4) is 0 Å². The molecule has 5 atom stereocenters. The first-order chi connectivity index (χ1) is 5.63. The molecule has 12 heavy (non-hydrogen) atoms. The molecule has 0 heterocycles. The highest BCUT2D eigenvalue weighted by atomic mass is 32.1. The minimum atomic E-state index is 0.810. The van der Waals surface area contributed by atoms with Crippen molar-refractivity contribution in [3.05, 3.63) is 0 Å². The second-order valence-electron chi connectivity index (χ2n) is 4.53. The molecule has 0 N–H and O–H groups in total. The molecular weight excluding hydrogens is 164 g/mol. The third kappa shape index (κ3) is 1.53. The highest BCUT2D eigenvalue weighted by Crippen LogP contribution is 2.51. The smallest absolute Gasteiger partial charge is 0.00693 e. The van der Waals surface area contributed by atoms with Gasteiger partial charge in [-0.1, -0.05) is 34.1 Å². The van der Waals surface area contributed by atoms with E-state index in [2.05, 4.69) is 40.3 Å². The van der Waals surface area contributed by atoms with Crippen LogP contribution in [-0.4, -0.2) is 5.75 Å². The van der Waals surface area contributed by atoms with Crippen molar-refractivity contribution in [2.45, 2.75) is 34.1 Å². The van der Waals surface area contributed by atoms with Gasteiger partial charge in [0, 0.05) is 0 Å². The van der Waals surface area contributed by atoms with Crippen LogP contribution in [0.1, 0.15) is 34.1 Å². The summed E-state index contributed by atoms with van der Waals surface area (Å²) in [4.78, 5) is 0. The fourth-order valence-corrected chi connectivity index (χ4v) is 3.28. The second kappa shape index (κ2) is 4.04. The van der Waals surface area contributed by atoms with Crippen molar-refractivity contribution in [3.8, 4) is 0 Å². The minimum Gasteiger partial charge on any atom is -0.179 e. The fraction of sp³-hybridized carbons (Fsp3) is 1.00. The zero-order valence-electron chi connectivity index (χ0n) is 8.75. The first kappa shape index (κ1) is 10.4. The Bertz CT molecular complexity index is 140.